The molecule has 0 radical (unpaired) electrons. The molecule has 0 aliphatic heterocycles. The molecule has 0 aliphatic carbocycles. The number of unbranched alkanes of at least 4 members (excludes halogenated alkanes) is 4. The van der Waals surface area contributed by atoms with Crippen LogP contribution in [-0.4, -0.2) is 54.1 Å². The summed E-state index contributed by atoms with van der Waals surface area (Å²) in [4.78, 5) is 50.7. The maximum atomic E-state index is 11.5. The minimum Gasteiger partial charge on any atom is -0.466 e. The van der Waals surface area contributed by atoms with Crippen molar-refractivity contribution in [1.29, 1.82) is 0 Å². The van der Waals surface area contributed by atoms with Crippen molar-refractivity contribution in [3.05, 3.63) is 12.7 Å². The number of ether oxygens (including phenoxy) is 3. The highest BCUT2D eigenvalue weighted by Crippen LogP contribution is 2.35. The van der Waals surface area contributed by atoms with Crippen LogP contribution in [0.5, 0.6) is 0 Å². The van der Waals surface area contributed by atoms with Crippen LogP contribution in [0.4, 0.5) is 0 Å². The summed E-state index contributed by atoms with van der Waals surface area (Å²) >= 11 is 0. The van der Waals surface area contributed by atoms with Gasteiger partial charge in [-0.15, -0.1) is 0 Å². The van der Waals surface area contributed by atoms with Gasteiger partial charge in [0.1, 0.15) is 13.2 Å². The van der Waals surface area contributed by atoms with Crippen molar-refractivity contribution in [3.8, 4) is 0 Å². The Bertz CT molecular complexity index is 528. The maximum Gasteiger partial charge on any atom is 0.469 e. The topological polar surface area (TPSA) is 146 Å². The second-order valence-electron chi connectivity index (χ2n) is 5.76. The molecule has 0 saturated carbocycles. The van der Waals surface area contributed by atoms with Gasteiger partial charge in [0.25, 0.3) is 0 Å². The first-order chi connectivity index (χ1) is 13.2. The van der Waals surface area contributed by atoms with Crippen molar-refractivity contribution < 1.29 is 47.5 Å². The molecule has 0 aliphatic rings. The molecule has 2 N–H and O–H groups in total. The fraction of sp³-hybridized carbons (Fsp3) is 0.706. The second kappa shape index (κ2) is 16.2. The monoisotopic (exact) mass is 424 g/mol. The van der Waals surface area contributed by atoms with Gasteiger partial charge in [0, 0.05) is 18.9 Å². The normalized spacial score (nSPS) is 10.9. The molecule has 0 rings (SSSR count). The molecule has 0 amide bonds. The van der Waals surface area contributed by atoms with E-state index in [0.717, 1.165) is 6.08 Å². The van der Waals surface area contributed by atoms with Gasteiger partial charge in [-0.2, -0.15) is 0 Å². The molecule has 0 unspecified atom stereocenters. The van der Waals surface area contributed by atoms with E-state index in [4.69, 9.17) is 19.3 Å². The zero-order valence-corrected chi connectivity index (χ0v) is 16.8. The average molecular weight is 424 g/mol. The van der Waals surface area contributed by atoms with Gasteiger partial charge in [-0.3, -0.25) is 14.1 Å². The lowest BCUT2D eigenvalue weighted by molar-refractivity contribution is -0.149. The summed E-state index contributed by atoms with van der Waals surface area (Å²) in [6.45, 7) is 3.45. The molecule has 0 spiro atoms. The highest BCUT2D eigenvalue weighted by molar-refractivity contribution is 7.46. The quantitative estimate of drug-likeness (QED) is 0.117. The van der Waals surface area contributed by atoms with E-state index < -0.39 is 13.8 Å². The van der Waals surface area contributed by atoms with Crippen molar-refractivity contribution in [2.45, 2.75) is 51.4 Å². The van der Waals surface area contributed by atoms with Crippen LogP contribution in [0, 0.1) is 0 Å². The van der Waals surface area contributed by atoms with E-state index in [1.165, 1.54) is 0 Å². The molecule has 0 saturated heterocycles. The zero-order chi connectivity index (χ0) is 21.3. The highest BCUT2D eigenvalue weighted by atomic mass is 31.2. The molecule has 28 heavy (non-hydrogen) atoms. The third-order valence-electron chi connectivity index (χ3n) is 3.33. The third kappa shape index (κ3) is 19.0. The third-order valence-corrected chi connectivity index (χ3v) is 3.85. The Hall–Kier alpha value is -1.74. The van der Waals surface area contributed by atoms with Gasteiger partial charge in [-0.05, 0) is 32.1 Å². The summed E-state index contributed by atoms with van der Waals surface area (Å²) in [5.41, 5.74) is 0. The summed E-state index contributed by atoms with van der Waals surface area (Å²) in [5, 5.41) is 0. The molecule has 0 atom stereocenters. The Morgan fingerprint density at radius 3 is 1.79 bits per heavy atom. The first-order valence-electron chi connectivity index (χ1n) is 9.05. The van der Waals surface area contributed by atoms with Gasteiger partial charge >= 0.3 is 25.7 Å². The number of rotatable bonds is 17. The van der Waals surface area contributed by atoms with E-state index in [1.807, 2.05) is 0 Å². The van der Waals surface area contributed by atoms with Crippen LogP contribution in [0.25, 0.3) is 0 Å². The molecule has 0 fully saturated rings. The standard InChI is InChI=1S/C17H29O10P/c1-2-15(18)25-13-14-26-17(20)10-5-3-7-11-24-16(19)9-6-4-8-12-27-28(21,22)23/h2H,1,3-14H2,(H2,21,22,23). The SMILES string of the molecule is C=CC(=O)OCCOC(=O)CCCCCOC(=O)CCCCCOP(=O)(O)O. The smallest absolute Gasteiger partial charge is 0.466 e. The largest absolute Gasteiger partial charge is 0.469 e. The summed E-state index contributed by atoms with van der Waals surface area (Å²) in [6, 6.07) is 0. The fourth-order valence-corrected chi connectivity index (χ4v) is 2.33. The van der Waals surface area contributed by atoms with Crippen LogP contribution in [-0.2, 0) is 37.7 Å². The summed E-state index contributed by atoms with van der Waals surface area (Å²) < 4.78 is 29.3. The van der Waals surface area contributed by atoms with E-state index >= 15 is 0 Å². The Kier molecular flexibility index (Phi) is 15.2. The van der Waals surface area contributed by atoms with E-state index in [-0.39, 0.29) is 51.2 Å². The molecular formula is C17H29O10P. The van der Waals surface area contributed by atoms with Crippen molar-refractivity contribution in [2.24, 2.45) is 0 Å². The number of carbonyl (C=O) groups is 3. The molecule has 0 aromatic heterocycles. The van der Waals surface area contributed by atoms with Gasteiger partial charge in [0.05, 0.1) is 13.2 Å². The lowest BCUT2D eigenvalue weighted by Gasteiger charge is -2.06. The van der Waals surface area contributed by atoms with Gasteiger partial charge in [0.2, 0.25) is 0 Å². The molecule has 0 aromatic carbocycles. The Labute approximate surface area is 164 Å². The van der Waals surface area contributed by atoms with Crippen LogP contribution >= 0.6 is 7.82 Å². The maximum absolute atomic E-state index is 11.5. The molecule has 0 bridgehead atoms. The van der Waals surface area contributed by atoms with E-state index in [1.54, 1.807) is 0 Å². The van der Waals surface area contributed by atoms with E-state index in [2.05, 4.69) is 15.8 Å². The first kappa shape index (κ1) is 26.3. The van der Waals surface area contributed by atoms with Crippen molar-refractivity contribution in [3.63, 3.8) is 0 Å². The number of carbonyl (C=O) groups excluding carboxylic acids is 3. The highest BCUT2D eigenvalue weighted by Gasteiger charge is 2.12. The summed E-state index contributed by atoms with van der Waals surface area (Å²) in [6.07, 6.45) is 5.03. The number of phosphoric acid groups is 1. The van der Waals surface area contributed by atoms with Gasteiger partial charge in [0.15, 0.2) is 0 Å². The van der Waals surface area contributed by atoms with E-state index in [0.29, 0.717) is 38.5 Å². The molecule has 162 valence electrons. The summed E-state index contributed by atoms with van der Waals surface area (Å²) in [5.74, 6) is -1.28. The molecule has 0 heterocycles. The number of phosphoric ester groups is 1. The van der Waals surface area contributed by atoms with Crippen LogP contribution in [0.2, 0.25) is 0 Å². The van der Waals surface area contributed by atoms with Crippen LogP contribution in [0.15, 0.2) is 12.7 Å². The van der Waals surface area contributed by atoms with E-state index in [9.17, 15) is 18.9 Å². The van der Waals surface area contributed by atoms with Crippen LogP contribution < -0.4 is 0 Å². The Morgan fingerprint density at radius 1 is 0.750 bits per heavy atom. The number of hydrogen-bond donors (Lipinski definition) is 2. The predicted molar refractivity (Wildman–Crippen MR) is 98.0 cm³/mol. The minimum absolute atomic E-state index is 0.00145. The van der Waals surface area contributed by atoms with Crippen LogP contribution in [0.1, 0.15) is 51.4 Å². The summed E-state index contributed by atoms with van der Waals surface area (Å²) in [7, 11) is -4.42. The molecule has 10 nitrogen and oxygen atoms in total. The predicted octanol–water partition coefficient (Wildman–Crippen LogP) is 2.03. The van der Waals surface area contributed by atoms with Crippen molar-refractivity contribution in [1.82, 2.24) is 0 Å². The average Bonchev–Trinajstić information content (AvgIpc) is 2.63. The Morgan fingerprint density at radius 2 is 1.25 bits per heavy atom. The molecule has 11 heteroatoms. The fourth-order valence-electron chi connectivity index (χ4n) is 1.97. The first-order valence-corrected chi connectivity index (χ1v) is 10.6. The zero-order valence-electron chi connectivity index (χ0n) is 15.9. The second-order valence-corrected chi connectivity index (χ2v) is 7.00. The lowest BCUT2D eigenvalue weighted by atomic mass is 10.2. The number of hydrogen-bond acceptors (Lipinski definition) is 8. The van der Waals surface area contributed by atoms with Crippen molar-refractivity contribution in [2.75, 3.05) is 26.4 Å². The van der Waals surface area contributed by atoms with Gasteiger partial charge in [-0.25, -0.2) is 9.36 Å². The molecular weight excluding hydrogens is 395 g/mol. The molecule has 0 aromatic rings. The Balaban J connectivity index is 3.42. The number of esters is 3. The van der Waals surface area contributed by atoms with Crippen molar-refractivity contribution >= 4 is 25.7 Å². The van der Waals surface area contributed by atoms with Gasteiger partial charge < -0.3 is 24.0 Å². The minimum atomic E-state index is -4.42. The van der Waals surface area contributed by atoms with Gasteiger partial charge in [-0.1, -0.05) is 13.0 Å². The lowest BCUT2D eigenvalue weighted by Crippen LogP contribution is -2.12. The van der Waals surface area contributed by atoms with Crippen LogP contribution in [0.3, 0.4) is 0 Å².